The van der Waals surface area contributed by atoms with E-state index in [1.807, 2.05) is 58.0 Å². The molecular formula is C21H31NO5. The second-order valence-corrected chi connectivity index (χ2v) is 7.71. The summed E-state index contributed by atoms with van der Waals surface area (Å²) < 4.78 is 16.4. The van der Waals surface area contributed by atoms with E-state index < -0.39 is 17.8 Å². The van der Waals surface area contributed by atoms with Gasteiger partial charge < -0.3 is 19.3 Å². The molecule has 0 radical (unpaired) electrons. The van der Waals surface area contributed by atoms with E-state index in [9.17, 15) is 9.90 Å². The number of nitrogens with zero attached hydrogens (tertiary/aromatic N) is 1. The lowest BCUT2D eigenvalue weighted by Crippen LogP contribution is -2.49. The third-order valence-corrected chi connectivity index (χ3v) is 4.35. The number of ether oxygens (including phenoxy) is 3. The maximum absolute atomic E-state index is 12.4. The second-order valence-electron chi connectivity index (χ2n) is 7.71. The van der Waals surface area contributed by atoms with Crippen LogP contribution in [-0.4, -0.2) is 54.1 Å². The van der Waals surface area contributed by atoms with Crippen LogP contribution in [0.2, 0.25) is 0 Å². The van der Waals surface area contributed by atoms with Crippen molar-refractivity contribution in [2.45, 2.75) is 58.5 Å². The summed E-state index contributed by atoms with van der Waals surface area (Å²) in [5.74, 6) is 0.803. The summed E-state index contributed by atoms with van der Waals surface area (Å²) in [4.78, 5) is 14.0. The molecule has 1 amide bonds. The fourth-order valence-corrected chi connectivity index (χ4v) is 2.91. The Bertz CT molecular complexity index is 648. The first-order valence-corrected chi connectivity index (χ1v) is 9.32. The third kappa shape index (κ3) is 6.26. The molecule has 1 N–H and O–H groups in total. The van der Waals surface area contributed by atoms with Gasteiger partial charge in [0, 0.05) is 0 Å². The number of benzene rings is 1. The summed E-state index contributed by atoms with van der Waals surface area (Å²) in [5.41, 5.74) is 1.27. The van der Waals surface area contributed by atoms with E-state index in [4.69, 9.17) is 14.2 Å². The SMILES string of the molecule is CC[C@@H]1C=C(COCc2ccc(OC)cc2)[C@H](O)CN1C(=O)OC(C)(C)C. The molecule has 1 aromatic rings. The molecule has 2 atom stereocenters. The van der Waals surface area contributed by atoms with Crippen LogP contribution >= 0.6 is 0 Å². The fourth-order valence-electron chi connectivity index (χ4n) is 2.91. The smallest absolute Gasteiger partial charge is 0.410 e. The Morgan fingerprint density at radius 1 is 1.22 bits per heavy atom. The molecule has 1 aliphatic rings. The summed E-state index contributed by atoms with van der Waals surface area (Å²) in [6, 6.07) is 7.56. The largest absolute Gasteiger partial charge is 0.497 e. The number of aliphatic hydroxyl groups excluding tert-OH is 1. The van der Waals surface area contributed by atoms with Crippen molar-refractivity contribution in [3.63, 3.8) is 0 Å². The maximum Gasteiger partial charge on any atom is 0.410 e. The van der Waals surface area contributed by atoms with Gasteiger partial charge in [0.1, 0.15) is 11.4 Å². The van der Waals surface area contributed by atoms with E-state index in [2.05, 4.69) is 0 Å². The minimum Gasteiger partial charge on any atom is -0.497 e. The number of carbonyl (C=O) groups excluding carboxylic acids is 1. The molecule has 0 spiro atoms. The average molecular weight is 377 g/mol. The van der Waals surface area contributed by atoms with Crippen molar-refractivity contribution in [1.29, 1.82) is 0 Å². The highest BCUT2D eigenvalue weighted by molar-refractivity contribution is 5.69. The van der Waals surface area contributed by atoms with Gasteiger partial charge in [-0.2, -0.15) is 0 Å². The highest BCUT2D eigenvalue weighted by atomic mass is 16.6. The number of hydrogen-bond donors (Lipinski definition) is 1. The highest BCUT2D eigenvalue weighted by Gasteiger charge is 2.33. The van der Waals surface area contributed by atoms with Crippen LogP contribution in [0.5, 0.6) is 5.75 Å². The van der Waals surface area contributed by atoms with Crippen LogP contribution in [0.25, 0.3) is 0 Å². The predicted octanol–water partition coefficient (Wildman–Crippen LogP) is 3.53. The molecule has 0 aromatic heterocycles. The standard InChI is InChI=1S/C21H31NO5/c1-6-17-11-16(14-26-13-15-7-9-18(25-5)10-8-15)19(23)12-22(17)20(24)27-21(2,3)4/h7-11,17,19,23H,6,12-14H2,1-5H3/t17-,19-/m1/s1. The van der Waals surface area contributed by atoms with Crippen molar-refractivity contribution in [3.05, 3.63) is 41.5 Å². The third-order valence-electron chi connectivity index (χ3n) is 4.35. The molecule has 27 heavy (non-hydrogen) atoms. The molecule has 1 aromatic carbocycles. The van der Waals surface area contributed by atoms with Gasteiger partial charge in [-0.05, 0) is 50.5 Å². The van der Waals surface area contributed by atoms with E-state index >= 15 is 0 Å². The molecule has 2 rings (SSSR count). The van der Waals surface area contributed by atoms with Crippen LogP contribution in [-0.2, 0) is 16.1 Å². The normalized spacial score (nSPS) is 20.2. The maximum atomic E-state index is 12.4. The lowest BCUT2D eigenvalue weighted by atomic mass is 9.99. The zero-order chi connectivity index (χ0) is 20.0. The van der Waals surface area contributed by atoms with Crippen molar-refractivity contribution in [3.8, 4) is 5.75 Å². The molecule has 1 heterocycles. The molecular weight excluding hydrogens is 346 g/mol. The van der Waals surface area contributed by atoms with Gasteiger partial charge in [0.05, 0.1) is 39.0 Å². The molecule has 150 valence electrons. The highest BCUT2D eigenvalue weighted by Crippen LogP contribution is 2.23. The zero-order valence-corrected chi connectivity index (χ0v) is 16.9. The van der Waals surface area contributed by atoms with Gasteiger partial charge in [-0.1, -0.05) is 25.1 Å². The second kappa shape index (κ2) is 9.24. The van der Waals surface area contributed by atoms with Crippen molar-refractivity contribution >= 4 is 6.09 Å². The number of aliphatic hydroxyl groups is 1. The molecule has 0 bridgehead atoms. The van der Waals surface area contributed by atoms with Gasteiger partial charge in [-0.25, -0.2) is 4.79 Å². The minimum absolute atomic E-state index is 0.108. The van der Waals surface area contributed by atoms with Gasteiger partial charge in [0.25, 0.3) is 0 Å². The lowest BCUT2D eigenvalue weighted by molar-refractivity contribution is 0.00517. The number of β-amino-alcohol motifs (C(OH)–C–C–N with tert-alkyl or cyclic N) is 1. The number of carbonyl (C=O) groups is 1. The first-order chi connectivity index (χ1) is 12.7. The van der Waals surface area contributed by atoms with Crippen LogP contribution in [0.3, 0.4) is 0 Å². The molecule has 1 aliphatic heterocycles. The van der Waals surface area contributed by atoms with Crippen molar-refractivity contribution < 1.29 is 24.1 Å². The minimum atomic E-state index is -0.754. The van der Waals surface area contributed by atoms with Crippen molar-refractivity contribution in [2.24, 2.45) is 0 Å². The van der Waals surface area contributed by atoms with Gasteiger partial charge >= 0.3 is 6.09 Å². The Balaban J connectivity index is 1.95. The van der Waals surface area contributed by atoms with Crippen molar-refractivity contribution in [2.75, 3.05) is 20.3 Å². The van der Waals surface area contributed by atoms with Gasteiger partial charge in [0.2, 0.25) is 0 Å². The summed E-state index contributed by atoms with van der Waals surface area (Å²) in [7, 11) is 1.63. The Kier molecular flexibility index (Phi) is 7.27. The van der Waals surface area contributed by atoms with Crippen LogP contribution in [0, 0.1) is 0 Å². The Labute approximate surface area is 161 Å². The summed E-state index contributed by atoms with van der Waals surface area (Å²) in [5, 5.41) is 10.5. The molecule has 6 heteroatoms. The first-order valence-electron chi connectivity index (χ1n) is 9.32. The topological polar surface area (TPSA) is 68.2 Å². The van der Waals surface area contributed by atoms with E-state index in [1.165, 1.54) is 0 Å². The Hall–Kier alpha value is -2.05. The molecule has 0 saturated heterocycles. The van der Waals surface area contributed by atoms with Crippen LogP contribution in [0.1, 0.15) is 39.7 Å². The quantitative estimate of drug-likeness (QED) is 0.768. The molecule has 0 saturated carbocycles. The zero-order valence-electron chi connectivity index (χ0n) is 16.9. The summed E-state index contributed by atoms with van der Waals surface area (Å²) in [6.07, 6.45) is 1.51. The Morgan fingerprint density at radius 2 is 1.89 bits per heavy atom. The van der Waals surface area contributed by atoms with Gasteiger partial charge in [-0.15, -0.1) is 0 Å². The first kappa shape index (κ1) is 21.3. The molecule has 0 fully saturated rings. The van der Waals surface area contributed by atoms with E-state index in [0.717, 1.165) is 23.3 Å². The summed E-state index contributed by atoms with van der Waals surface area (Å²) >= 11 is 0. The fraction of sp³-hybridized carbons (Fsp3) is 0.571. The molecule has 6 nitrogen and oxygen atoms in total. The van der Waals surface area contributed by atoms with Gasteiger partial charge in [0.15, 0.2) is 0 Å². The van der Waals surface area contributed by atoms with E-state index in [1.54, 1.807) is 12.0 Å². The molecule has 0 aliphatic carbocycles. The average Bonchev–Trinajstić information content (AvgIpc) is 2.61. The van der Waals surface area contributed by atoms with Crippen LogP contribution < -0.4 is 4.74 Å². The van der Waals surface area contributed by atoms with Crippen molar-refractivity contribution in [1.82, 2.24) is 4.90 Å². The van der Waals surface area contributed by atoms with Gasteiger partial charge in [-0.3, -0.25) is 4.90 Å². The Morgan fingerprint density at radius 3 is 2.44 bits per heavy atom. The monoisotopic (exact) mass is 377 g/mol. The lowest BCUT2D eigenvalue weighted by Gasteiger charge is -2.37. The van der Waals surface area contributed by atoms with Crippen LogP contribution in [0.4, 0.5) is 4.79 Å². The van der Waals surface area contributed by atoms with Crippen LogP contribution in [0.15, 0.2) is 35.9 Å². The number of rotatable bonds is 6. The molecule has 0 unspecified atom stereocenters. The number of amides is 1. The number of hydrogen-bond acceptors (Lipinski definition) is 5. The predicted molar refractivity (Wildman–Crippen MR) is 104 cm³/mol. The summed E-state index contributed by atoms with van der Waals surface area (Å²) in [6.45, 7) is 8.49. The number of methoxy groups -OCH3 is 1. The van der Waals surface area contributed by atoms with E-state index in [-0.39, 0.29) is 12.6 Å². The van der Waals surface area contributed by atoms with E-state index in [0.29, 0.717) is 13.2 Å².